The van der Waals surface area contributed by atoms with Crippen molar-refractivity contribution in [3.05, 3.63) is 0 Å². The standard InChI is InChI=1S/C5H9NO3/c1-4(7)6-3-9-5(2)8/h3H2,1-2H3,(H,6,7). The van der Waals surface area contributed by atoms with E-state index in [1.807, 2.05) is 0 Å². The van der Waals surface area contributed by atoms with Crippen molar-refractivity contribution in [2.45, 2.75) is 13.8 Å². The Morgan fingerprint density at radius 1 is 1.44 bits per heavy atom. The number of carbonyl (C=O) groups is 2. The third kappa shape index (κ3) is 6.94. The molecule has 0 unspecified atom stereocenters. The summed E-state index contributed by atoms with van der Waals surface area (Å²) in [7, 11) is 0. The van der Waals surface area contributed by atoms with Gasteiger partial charge in [0.25, 0.3) is 0 Å². The number of esters is 1. The number of hydrogen-bond donors (Lipinski definition) is 1. The molecule has 0 aromatic rings. The van der Waals surface area contributed by atoms with Gasteiger partial charge >= 0.3 is 5.97 Å². The van der Waals surface area contributed by atoms with Crippen molar-refractivity contribution >= 4 is 11.9 Å². The molecule has 0 bridgehead atoms. The van der Waals surface area contributed by atoms with Gasteiger partial charge in [0, 0.05) is 13.8 Å². The van der Waals surface area contributed by atoms with Crippen molar-refractivity contribution < 1.29 is 14.3 Å². The van der Waals surface area contributed by atoms with E-state index in [4.69, 9.17) is 0 Å². The first-order chi connectivity index (χ1) is 4.13. The molecule has 0 spiro atoms. The Bertz CT molecular complexity index is 107. The lowest BCUT2D eigenvalue weighted by atomic mass is 10.7. The third-order valence-corrected chi connectivity index (χ3v) is 0.597. The van der Waals surface area contributed by atoms with Crippen LogP contribution in [0.1, 0.15) is 13.8 Å². The molecule has 0 radical (unpaired) electrons. The predicted octanol–water partition coefficient (Wildman–Crippen LogP) is -0.357. The summed E-state index contributed by atoms with van der Waals surface area (Å²) in [4.78, 5) is 20.2. The van der Waals surface area contributed by atoms with Gasteiger partial charge in [0.15, 0.2) is 6.73 Å². The van der Waals surface area contributed by atoms with Crippen molar-refractivity contribution in [3.63, 3.8) is 0 Å². The second-order valence-corrected chi connectivity index (χ2v) is 1.51. The van der Waals surface area contributed by atoms with Crippen LogP contribution in [0.5, 0.6) is 0 Å². The first-order valence-electron chi connectivity index (χ1n) is 2.50. The molecule has 0 aromatic carbocycles. The molecule has 0 atom stereocenters. The van der Waals surface area contributed by atoms with E-state index in [1.165, 1.54) is 13.8 Å². The van der Waals surface area contributed by atoms with Crippen LogP contribution in [0, 0.1) is 0 Å². The number of carbonyl (C=O) groups excluding carboxylic acids is 2. The minimum Gasteiger partial charge on any atom is -0.445 e. The molecule has 0 aromatic heterocycles. The lowest BCUT2D eigenvalue weighted by Crippen LogP contribution is -2.24. The maximum Gasteiger partial charge on any atom is 0.304 e. The van der Waals surface area contributed by atoms with E-state index < -0.39 is 5.97 Å². The van der Waals surface area contributed by atoms with E-state index in [0.717, 1.165) is 0 Å². The highest BCUT2D eigenvalue weighted by Crippen LogP contribution is 1.70. The highest BCUT2D eigenvalue weighted by atomic mass is 16.5. The van der Waals surface area contributed by atoms with Crippen LogP contribution in [0.2, 0.25) is 0 Å². The van der Waals surface area contributed by atoms with Crippen LogP contribution < -0.4 is 5.32 Å². The van der Waals surface area contributed by atoms with E-state index in [0.29, 0.717) is 0 Å². The average molecular weight is 131 g/mol. The van der Waals surface area contributed by atoms with Crippen LogP contribution in [0.15, 0.2) is 0 Å². The SMILES string of the molecule is CC(=O)NCOC(C)=O. The molecule has 0 rings (SSSR count). The number of nitrogens with one attached hydrogen (secondary N) is 1. The topological polar surface area (TPSA) is 55.4 Å². The molecule has 1 N–H and O–H groups in total. The molecule has 0 fully saturated rings. The molecule has 1 amide bonds. The molecular formula is C5H9NO3. The molecule has 0 aliphatic carbocycles. The fourth-order valence-electron chi connectivity index (χ4n) is 0.239. The zero-order chi connectivity index (χ0) is 7.28. The summed E-state index contributed by atoms with van der Waals surface area (Å²) >= 11 is 0. The average Bonchev–Trinajstić information content (AvgIpc) is 1.63. The summed E-state index contributed by atoms with van der Waals surface area (Å²) in [6.45, 7) is 2.59. The van der Waals surface area contributed by atoms with Gasteiger partial charge in [-0.25, -0.2) is 0 Å². The molecule has 0 heterocycles. The Labute approximate surface area is 53.2 Å². The van der Waals surface area contributed by atoms with Crippen molar-refractivity contribution in [2.24, 2.45) is 0 Å². The van der Waals surface area contributed by atoms with Crippen LogP contribution in [0.4, 0.5) is 0 Å². The normalized spacial score (nSPS) is 8.22. The Kier molecular flexibility index (Phi) is 3.43. The van der Waals surface area contributed by atoms with Gasteiger partial charge in [0.1, 0.15) is 0 Å². The van der Waals surface area contributed by atoms with Crippen LogP contribution in [-0.4, -0.2) is 18.6 Å². The van der Waals surface area contributed by atoms with E-state index in [-0.39, 0.29) is 12.6 Å². The lowest BCUT2D eigenvalue weighted by Gasteiger charge is -1.99. The van der Waals surface area contributed by atoms with Crippen molar-refractivity contribution in [1.82, 2.24) is 5.32 Å². The van der Waals surface area contributed by atoms with Gasteiger partial charge < -0.3 is 10.1 Å². The van der Waals surface area contributed by atoms with Crippen LogP contribution in [0.25, 0.3) is 0 Å². The predicted molar refractivity (Wildman–Crippen MR) is 30.4 cm³/mol. The summed E-state index contributed by atoms with van der Waals surface area (Å²) in [5, 5.41) is 2.29. The molecule has 4 nitrogen and oxygen atoms in total. The summed E-state index contributed by atoms with van der Waals surface area (Å²) < 4.78 is 4.38. The lowest BCUT2D eigenvalue weighted by molar-refractivity contribution is -0.142. The van der Waals surface area contributed by atoms with E-state index in [2.05, 4.69) is 10.1 Å². The van der Waals surface area contributed by atoms with Gasteiger partial charge in [-0.05, 0) is 0 Å². The number of rotatable bonds is 2. The van der Waals surface area contributed by atoms with Crippen LogP contribution in [0.3, 0.4) is 0 Å². The van der Waals surface area contributed by atoms with E-state index in [1.54, 1.807) is 0 Å². The Balaban J connectivity index is 3.10. The third-order valence-electron chi connectivity index (χ3n) is 0.597. The molecule has 52 valence electrons. The smallest absolute Gasteiger partial charge is 0.304 e. The second-order valence-electron chi connectivity index (χ2n) is 1.51. The summed E-state index contributed by atoms with van der Waals surface area (Å²) in [5.74, 6) is -0.611. The summed E-state index contributed by atoms with van der Waals surface area (Å²) in [5.41, 5.74) is 0. The van der Waals surface area contributed by atoms with Gasteiger partial charge in [-0.3, -0.25) is 9.59 Å². The quantitative estimate of drug-likeness (QED) is 0.411. The first kappa shape index (κ1) is 7.94. The Hall–Kier alpha value is -1.06. The molecule has 0 saturated heterocycles. The number of hydrogen-bond acceptors (Lipinski definition) is 3. The number of ether oxygens (including phenoxy) is 1. The van der Waals surface area contributed by atoms with Crippen LogP contribution in [-0.2, 0) is 14.3 Å². The largest absolute Gasteiger partial charge is 0.445 e. The molecule has 0 aliphatic rings. The van der Waals surface area contributed by atoms with Gasteiger partial charge in [-0.15, -0.1) is 0 Å². The molecule has 4 heteroatoms. The number of amides is 1. The Morgan fingerprint density at radius 2 is 2.00 bits per heavy atom. The zero-order valence-corrected chi connectivity index (χ0v) is 5.43. The summed E-state index contributed by atoms with van der Waals surface area (Å²) in [6.07, 6.45) is 0. The Morgan fingerprint density at radius 3 is 2.33 bits per heavy atom. The fourth-order valence-corrected chi connectivity index (χ4v) is 0.239. The van der Waals surface area contributed by atoms with Crippen molar-refractivity contribution in [2.75, 3.05) is 6.73 Å². The molecular weight excluding hydrogens is 122 g/mol. The van der Waals surface area contributed by atoms with Gasteiger partial charge in [-0.1, -0.05) is 0 Å². The van der Waals surface area contributed by atoms with Gasteiger partial charge in [0.2, 0.25) is 5.91 Å². The minimum atomic E-state index is -0.399. The molecule has 0 aliphatic heterocycles. The monoisotopic (exact) mass is 131 g/mol. The highest BCUT2D eigenvalue weighted by molar-refractivity contribution is 5.73. The second kappa shape index (κ2) is 3.88. The van der Waals surface area contributed by atoms with Crippen molar-refractivity contribution in [3.8, 4) is 0 Å². The van der Waals surface area contributed by atoms with Crippen LogP contribution >= 0.6 is 0 Å². The summed E-state index contributed by atoms with van der Waals surface area (Å²) in [6, 6.07) is 0. The highest BCUT2D eigenvalue weighted by Gasteiger charge is 1.91. The fraction of sp³-hybridized carbons (Fsp3) is 0.600. The van der Waals surface area contributed by atoms with Crippen molar-refractivity contribution in [1.29, 1.82) is 0 Å². The minimum absolute atomic E-state index is 0.0370. The zero-order valence-electron chi connectivity index (χ0n) is 5.43. The van der Waals surface area contributed by atoms with E-state index >= 15 is 0 Å². The van der Waals surface area contributed by atoms with E-state index in [9.17, 15) is 9.59 Å². The molecule has 9 heavy (non-hydrogen) atoms. The van der Waals surface area contributed by atoms with Gasteiger partial charge in [-0.2, -0.15) is 0 Å². The maximum atomic E-state index is 10.1. The maximum absolute atomic E-state index is 10.1. The first-order valence-corrected chi connectivity index (χ1v) is 2.50. The molecule has 0 saturated carbocycles. The van der Waals surface area contributed by atoms with Gasteiger partial charge in [0.05, 0.1) is 0 Å².